The molecular formula is C40H42N6O7S2. The second kappa shape index (κ2) is 17.7. The Morgan fingerprint density at radius 3 is 2.38 bits per heavy atom. The Bertz CT molecular complexity index is 2230. The molecule has 4 aromatic carbocycles. The monoisotopic (exact) mass is 782 g/mol. The van der Waals surface area contributed by atoms with Gasteiger partial charge in [-0.1, -0.05) is 18.2 Å². The number of nitrogens with one attached hydrogen (secondary N) is 2. The fourth-order valence-electron chi connectivity index (χ4n) is 6.18. The summed E-state index contributed by atoms with van der Waals surface area (Å²) in [6.07, 6.45) is 3.11. The lowest BCUT2D eigenvalue weighted by atomic mass is 10.0. The third-order valence-electron chi connectivity index (χ3n) is 8.80. The van der Waals surface area contributed by atoms with Crippen LogP contribution in [-0.2, 0) is 16.6 Å². The molecule has 0 radical (unpaired) electrons. The summed E-state index contributed by atoms with van der Waals surface area (Å²) in [5, 5.41) is 24.8. The molecule has 0 atom stereocenters. The molecule has 15 heteroatoms. The van der Waals surface area contributed by atoms with Gasteiger partial charge in [-0.25, -0.2) is 13.1 Å². The number of amides is 1. The topological polar surface area (TPSA) is 167 Å². The number of thioether (sulfide) groups is 1. The fourth-order valence-corrected chi connectivity index (χ4v) is 7.96. The summed E-state index contributed by atoms with van der Waals surface area (Å²) >= 11 is 1.59. The smallest absolute Gasteiger partial charge is 0.293 e. The zero-order valence-corrected chi connectivity index (χ0v) is 32.1. The molecule has 1 fully saturated rings. The van der Waals surface area contributed by atoms with Crippen LogP contribution < -0.4 is 19.7 Å². The molecule has 3 N–H and O–H groups in total. The van der Waals surface area contributed by atoms with Gasteiger partial charge in [-0.3, -0.25) is 24.8 Å². The van der Waals surface area contributed by atoms with Gasteiger partial charge in [0, 0.05) is 79.0 Å². The minimum absolute atomic E-state index is 0.000136. The van der Waals surface area contributed by atoms with Crippen LogP contribution in [0, 0.1) is 10.1 Å². The number of aromatic nitrogens is 1. The summed E-state index contributed by atoms with van der Waals surface area (Å²) in [6.45, 7) is 8.11. The summed E-state index contributed by atoms with van der Waals surface area (Å²) in [5.74, 6) is 0.636. The van der Waals surface area contributed by atoms with Crippen LogP contribution >= 0.6 is 11.8 Å². The van der Waals surface area contributed by atoms with E-state index in [1.807, 2.05) is 61.0 Å². The number of nitro benzene ring substituents is 1. The van der Waals surface area contributed by atoms with E-state index < -0.39 is 31.4 Å². The Morgan fingerprint density at radius 1 is 0.945 bits per heavy atom. The van der Waals surface area contributed by atoms with Crippen LogP contribution in [0.25, 0.3) is 11.1 Å². The van der Waals surface area contributed by atoms with Crippen molar-refractivity contribution in [3.63, 3.8) is 0 Å². The Labute approximate surface area is 324 Å². The first kappa shape index (κ1) is 39.1. The van der Waals surface area contributed by atoms with Crippen LogP contribution in [0.5, 0.6) is 11.5 Å². The minimum Gasteiger partial charge on any atom is -0.506 e. The number of aromatic hydroxyl groups is 1. The normalized spacial score (nSPS) is 13.4. The second-order valence-corrected chi connectivity index (χ2v) is 16.1. The first-order valence-electron chi connectivity index (χ1n) is 17.7. The van der Waals surface area contributed by atoms with Crippen LogP contribution in [0.1, 0.15) is 29.8 Å². The van der Waals surface area contributed by atoms with Crippen LogP contribution in [-0.4, -0.2) is 78.8 Å². The maximum Gasteiger partial charge on any atom is 0.293 e. The lowest BCUT2D eigenvalue weighted by molar-refractivity contribution is -0.384. The number of benzene rings is 4. The summed E-state index contributed by atoms with van der Waals surface area (Å²) in [7, 11) is -4.41. The number of carbonyl (C=O) groups is 1. The van der Waals surface area contributed by atoms with Crippen molar-refractivity contribution in [2.24, 2.45) is 0 Å². The molecule has 13 nitrogen and oxygen atoms in total. The summed E-state index contributed by atoms with van der Waals surface area (Å²) in [4.78, 5) is 33.6. The molecule has 0 bridgehead atoms. The highest BCUT2D eigenvalue weighted by Crippen LogP contribution is 2.30. The number of carbonyl (C=O) groups excluding carboxylic acids is 1. The number of nitrogens with zero attached hydrogens (tertiary/aromatic N) is 4. The van der Waals surface area contributed by atoms with Gasteiger partial charge in [-0.2, -0.15) is 0 Å². The molecular weight excluding hydrogens is 741 g/mol. The van der Waals surface area contributed by atoms with Crippen LogP contribution in [0.3, 0.4) is 0 Å². The van der Waals surface area contributed by atoms with E-state index in [0.717, 1.165) is 65.3 Å². The molecule has 1 amide bonds. The molecule has 0 saturated carbocycles. The van der Waals surface area contributed by atoms with E-state index in [2.05, 4.69) is 26.2 Å². The van der Waals surface area contributed by atoms with Gasteiger partial charge in [0.2, 0.25) is 0 Å². The predicted octanol–water partition coefficient (Wildman–Crippen LogP) is 6.79. The molecule has 6 rings (SSSR count). The highest BCUT2D eigenvalue weighted by molar-refractivity contribution is 7.99. The third-order valence-corrected chi connectivity index (χ3v) is 11.1. The van der Waals surface area contributed by atoms with Gasteiger partial charge in [0.25, 0.3) is 21.6 Å². The molecule has 5 aromatic rings. The van der Waals surface area contributed by atoms with Crippen molar-refractivity contribution in [1.29, 1.82) is 0 Å². The lowest BCUT2D eigenvalue weighted by Gasteiger charge is -2.36. The molecule has 0 spiro atoms. The Hall–Kier alpha value is -5.64. The third kappa shape index (κ3) is 10.5. The Morgan fingerprint density at radius 2 is 1.69 bits per heavy atom. The maximum atomic E-state index is 13.2. The van der Waals surface area contributed by atoms with Crippen molar-refractivity contribution >= 4 is 44.8 Å². The number of rotatable bonds is 15. The summed E-state index contributed by atoms with van der Waals surface area (Å²) < 4.78 is 34.4. The van der Waals surface area contributed by atoms with Gasteiger partial charge in [-0.15, -0.1) is 11.8 Å². The van der Waals surface area contributed by atoms with Gasteiger partial charge in [-0.05, 0) is 97.8 Å². The lowest BCUT2D eigenvalue weighted by Crippen LogP contribution is -2.46. The number of pyridine rings is 1. The molecule has 1 saturated heterocycles. The highest BCUT2D eigenvalue weighted by atomic mass is 32.2. The largest absolute Gasteiger partial charge is 0.506 e. The van der Waals surface area contributed by atoms with E-state index >= 15 is 0 Å². The first-order valence-corrected chi connectivity index (χ1v) is 20.2. The van der Waals surface area contributed by atoms with Crippen molar-refractivity contribution in [3.05, 3.63) is 131 Å². The van der Waals surface area contributed by atoms with Gasteiger partial charge in [0.05, 0.1) is 22.1 Å². The quantitative estimate of drug-likeness (QED) is 0.0441. The fraction of sp³-hybridized carbons (Fsp3) is 0.250. The number of hydrogen-bond donors (Lipinski definition) is 3. The van der Waals surface area contributed by atoms with E-state index in [4.69, 9.17) is 4.74 Å². The average molecular weight is 783 g/mol. The van der Waals surface area contributed by atoms with E-state index in [1.165, 1.54) is 18.3 Å². The molecule has 1 aromatic heterocycles. The molecule has 0 aliphatic carbocycles. The number of sulfonamides is 1. The predicted molar refractivity (Wildman–Crippen MR) is 214 cm³/mol. The Kier molecular flexibility index (Phi) is 12.5. The van der Waals surface area contributed by atoms with E-state index in [9.17, 15) is 28.4 Å². The van der Waals surface area contributed by atoms with E-state index in [-0.39, 0.29) is 23.1 Å². The highest BCUT2D eigenvalue weighted by Gasteiger charge is 2.24. The molecule has 286 valence electrons. The zero-order chi connectivity index (χ0) is 39.0. The number of anilines is 2. The van der Waals surface area contributed by atoms with Gasteiger partial charge in [0.15, 0.2) is 0 Å². The molecule has 0 unspecified atom stereocenters. The maximum absolute atomic E-state index is 13.2. The van der Waals surface area contributed by atoms with Crippen molar-refractivity contribution < 1.29 is 28.0 Å². The van der Waals surface area contributed by atoms with Crippen LogP contribution in [0.2, 0.25) is 0 Å². The standard InChI is InChI=1S/C40H42N6O7S2/c1-28(2)53-35-21-29(20-31(23-35)32-22-34(47)26-41-25-32)27-44-15-17-45(18-16-44)33-10-8-30(9-11-33)40(48)43-55(51,52)37-12-13-38(39(24-37)46(49)50)42-14-19-54-36-6-4-3-5-7-36/h3-13,20-26,28,42,47H,14-19,27H2,1-2H3,(H,43,48). The van der Waals surface area contributed by atoms with Gasteiger partial charge >= 0.3 is 0 Å². The number of piperazine rings is 1. The molecule has 1 aliphatic rings. The van der Waals surface area contributed by atoms with Crippen LogP contribution in [0.4, 0.5) is 17.1 Å². The summed E-state index contributed by atoms with van der Waals surface area (Å²) in [5.41, 5.74) is 3.58. The average Bonchev–Trinajstić information content (AvgIpc) is 3.17. The number of ether oxygens (including phenoxy) is 1. The first-order chi connectivity index (χ1) is 26.4. The van der Waals surface area contributed by atoms with Crippen molar-refractivity contribution in [2.75, 3.05) is 48.7 Å². The molecule has 2 heterocycles. The number of nitro groups is 1. The summed E-state index contributed by atoms with van der Waals surface area (Å²) in [6, 6.07) is 27.7. The van der Waals surface area contributed by atoms with Crippen LogP contribution in [0.15, 0.2) is 119 Å². The van der Waals surface area contributed by atoms with Gasteiger partial charge < -0.3 is 20.1 Å². The Balaban J connectivity index is 1.03. The molecule has 55 heavy (non-hydrogen) atoms. The van der Waals surface area contributed by atoms with Gasteiger partial charge in [0.1, 0.15) is 17.2 Å². The van der Waals surface area contributed by atoms with E-state index in [1.54, 1.807) is 48.3 Å². The van der Waals surface area contributed by atoms with Crippen molar-refractivity contribution in [2.45, 2.75) is 36.3 Å². The SMILES string of the molecule is CC(C)Oc1cc(CN2CCN(c3ccc(C(=O)NS(=O)(=O)c4ccc(NCCSc5ccccc5)c([N+](=O)[O-])c4)cc3)CC2)cc(-c2cncc(O)c2)c1. The second-order valence-electron chi connectivity index (χ2n) is 13.2. The molecule has 1 aliphatic heterocycles. The zero-order valence-electron chi connectivity index (χ0n) is 30.4. The van der Waals surface area contributed by atoms with Crippen molar-refractivity contribution in [3.8, 4) is 22.6 Å². The number of hydrogen-bond acceptors (Lipinski definition) is 12. The minimum atomic E-state index is -4.41. The van der Waals surface area contributed by atoms with Crippen molar-refractivity contribution in [1.82, 2.24) is 14.6 Å². The van der Waals surface area contributed by atoms with E-state index in [0.29, 0.717) is 18.8 Å².